The fourth-order valence-electron chi connectivity index (χ4n) is 0.953. The minimum atomic E-state index is 0.859. The van der Waals surface area contributed by atoms with Crippen molar-refractivity contribution in [2.24, 2.45) is 0 Å². The standard InChI is InChI=1S/C8H7NOS/c1-6-2-3-11-8(6)7-4-9-5-10-7/h2-5H,1H3. The highest BCUT2D eigenvalue weighted by Crippen LogP contribution is 2.27. The zero-order valence-corrected chi connectivity index (χ0v) is 6.89. The molecular weight excluding hydrogens is 158 g/mol. The molecule has 3 heteroatoms. The monoisotopic (exact) mass is 165 g/mol. The highest BCUT2D eigenvalue weighted by Gasteiger charge is 2.04. The Labute approximate surface area is 68.5 Å². The number of oxazole rings is 1. The first-order valence-corrected chi connectivity index (χ1v) is 4.19. The lowest BCUT2D eigenvalue weighted by Crippen LogP contribution is -1.68. The van der Waals surface area contributed by atoms with Crippen LogP contribution in [0.5, 0.6) is 0 Å². The molecule has 0 unspecified atom stereocenters. The lowest BCUT2D eigenvalue weighted by molar-refractivity contribution is 0.573. The number of thiophene rings is 1. The van der Waals surface area contributed by atoms with Crippen LogP contribution >= 0.6 is 11.3 Å². The fourth-order valence-corrected chi connectivity index (χ4v) is 1.83. The summed E-state index contributed by atoms with van der Waals surface area (Å²) < 4.78 is 5.16. The highest BCUT2D eigenvalue weighted by molar-refractivity contribution is 7.13. The summed E-state index contributed by atoms with van der Waals surface area (Å²) in [4.78, 5) is 5.03. The first-order valence-electron chi connectivity index (χ1n) is 3.31. The van der Waals surface area contributed by atoms with Gasteiger partial charge in [-0.25, -0.2) is 4.98 Å². The third-order valence-corrected chi connectivity index (χ3v) is 2.55. The number of nitrogens with zero attached hydrogens (tertiary/aromatic N) is 1. The van der Waals surface area contributed by atoms with E-state index in [0.717, 1.165) is 5.76 Å². The van der Waals surface area contributed by atoms with E-state index < -0.39 is 0 Å². The summed E-state index contributed by atoms with van der Waals surface area (Å²) in [5, 5.41) is 2.05. The van der Waals surface area contributed by atoms with Crippen molar-refractivity contribution >= 4 is 11.3 Å². The average molecular weight is 165 g/mol. The summed E-state index contributed by atoms with van der Waals surface area (Å²) in [6, 6.07) is 2.07. The van der Waals surface area contributed by atoms with Crippen molar-refractivity contribution in [1.82, 2.24) is 4.98 Å². The van der Waals surface area contributed by atoms with Crippen LogP contribution in [0.1, 0.15) is 5.56 Å². The molecule has 0 aromatic carbocycles. The van der Waals surface area contributed by atoms with E-state index in [1.54, 1.807) is 17.5 Å². The van der Waals surface area contributed by atoms with Gasteiger partial charge in [0.25, 0.3) is 0 Å². The molecule has 2 nitrogen and oxygen atoms in total. The molecule has 56 valence electrons. The second kappa shape index (κ2) is 2.51. The van der Waals surface area contributed by atoms with Crippen LogP contribution in [-0.2, 0) is 0 Å². The van der Waals surface area contributed by atoms with Gasteiger partial charge in [-0.15, -0.1) is 11.3 Å². The summed E-state index contributed by atoms with van der Waals surface area (Å²) in [5.41, 5.74) is 1.24. The Balaban J connectivity index is 2.53. The van der Waals surface area contributed by atoms with Gasteiger partial charge in [0.15, 0.2) is 12.2 Å². The third-order valence-electron chi connectivity index (χ3n) is 1.52. The predicted octanol–water partition coefficient (Wildman–Crippen LogP) is 2.71. The smallest absolute Gasteiger partial charge is 0.181 e. The van der Waals surface area contributed by atoms with E-state index in [4.69, 9.17) is 4.42 Å². The topological polar surface area (TPSA) is 26.0 Å². The molecule has 0 saturated carbocycles. The maximum Gasteiger partial charge on any atom is 0.181 e. The van der Waals surface area contributed by atoms with Crippen LogP contribution in [-0.4, -0.2) is 4.98 Å². The molecule has 2 heterocycles. The Morgan fingerprint density at radius 2 is 2.45 bits per heavy atom. The van der Waals surface area contributed by atoms with Crippen molar-refractivity contribution in [3.8, 4) is 10.6 Å². The quantitative estimate of drug-likeness (QED) is 0.649. The predicted molar refractivity (Wildman–Crippen MR) is 44.6 cm³/mol. The Morgan fingerprint density at radius 1 is 1.55 bits per heavy atom. The van der Waals surface area contributed by atoms with Crippen LogP contribution in [0, 0.1) is 6.92 Å². The molecule has 0 aliphatic carbocycles. The fraction of sp³-hybridized carbons (Fsp3) is 0.125. The summed E-state index contributed by atoms with van der Waals surface area (Å²) in [5.74, 6) is 0.859. The molecule has 11 heavy (non-hydrogen) atoms. The molecule has 0 spiro atoms. The molecule has 0 N–H and O–H groups in total. The van der Waals surface area contributed by atoms with Gasteiger partial charge >= 0.3 is 0 Å². The van der Waals surface area contributed by atoms with Crippen molar-refractivity contribution in [1.29, 1.82) is 0 Å². The molecule has 0 amide bonds. The van der Waals surface area contributed by atoms with Crippen LogP contribution < -0.4 is 0 Å². The van der Waals surface area contributed by atoms with Crippen LogP contribution in [0.4, 0.5) is 0 Å². The van der Waals surface area contributed by atoms with Gasteiger partial charge in [-0.2, -0.15) is 0 Å². The van der Waals surface area contributed by atoms with E-state index >= 15 is 0 Å². The lowest BCUT2D eigenvalue weighted by Gasteiger charge is -1.89. The van der Waals surface area contributed by atoms with Crippen LogP contribution in [0.15, 0.2) is 28.5 Å². The molecule has 0 aliphatic heterocycles. The van der Waals surface area contributed by atoms with Gasteiger partial charge in [0.1, 0.15) is 0 Å². The van der Waals surface area contributed by atoms with E-state index in [1.165, 1.54) is 16.8 Å². The molecule has 0 aliphatic rings. The zero-order chi connectivity index (χ0) is 7.68. The van der Waals surface area contributed by atoms with Crippen LogP contribution in [0.25, 0.3) is 10.6 Å². The number of hydrogen-bond acceptors (Lipinski definition) is 3. The summed E-state index contributed by atoms with van der Waals surface area (Å²) in [6.45, 7) is 2.06. The van der Waals surface area contributed by atoms with Crippen molar-refractivity contribution in [3.05, 3.63) is 29.6 Å². The first kappa shape index (κ1) is 6.61. The Kier molecular flexibility index (Phi) is 1.51. The Bertz CT molecular complexity index is 337. The molecule has 0 bridgehead atoms. The molecular formula is C8H7NOS. The summed E-state index contributed by atoms with van der Waals surface area (Å²) in [7, 11) is 0. The van der Waals surface area contributed by atoms with E-state index in [1.807, 2.05) is 5.38 Å². The van der Waals surface area contributed by atoms with Gasteiger partial charge in [0.2, 0.25) is 0 Å². The van der Waals surface area contributed by atoms with Gasteiger partial charge in [0.05, 0.1) is 11.1 Å². The third kappa shape index (κ3) is 1.07. The van der Waals surface area contributed by atoms with E-state index in [2.05, 4.69) is 18.0 Å². The molecule has 2 aromatic heterocycles. The molecule has 2 rings (SSSR count). The zero-order valence-electron chi connectivity index (χ0n) is 6.07. The van der Waals surface area contributed by atoms with E-state index in [9.17, 15) is 0 Å². The number of aromatic nitrogens is 1. The van der Waals surface area contributed by atoms with Crippen molar-refractivity contribution in [2.75, 3.05) is 0 Å². The largest absolute Gasteiger partial charge is 0.443 e. The van der Waals surface area contributed by atoms with Gasteiger partial charge in [-0.1, -0.05) is 0 Å². The minimum Gasteiger partial charge on any atom is -0.443 e. The van der Waals surface area contributed by atoms with Crippen molar-refractivity contribution in [2.45, 2.75) is 6.92 Å². The minimum absolute atomic E-state index is 0.859. The van der Waals surface area contributed by atoms with Crippen molar-refractivity contribution in [3.63, 3.8) is 0 Å². The molecule has 0 atom stereocenters. The average Bonchev–Trinajstić information content (AvgIpc) is 2.55. The second-order valence-corrected chi connectivity index (χ2v) is 3.21. The van der Waals surface area contributed by atoms with Gasteiger partial charge in [-0.3, -0.25) is 0 Å². The molecule has 2 aromatic rings. The Hall–Kier alpha value is -1.09. The number of hydrogen-bond donors (Lipinski definition) is 0. The van der Waals surface area contributed by atoms with Gasteiger partial charge in [-0.05, 0) is 23.9 Å². The van der Waals surface area contributed by atoms with Crippen LogP contribution in [0.3, 0.4) is 0 Å². The van der Waals surface area contributed by atoms with Gasteiger partial charge in [0, 0.05) is 0 Å². The second-order valence-electron chi connectivity index (χ2n) is 2.30. The summed E-state index contributed by atoms with van der Waals surface area (Å²) in [6.07, 6.45) is 3.19. The Morgan fingerprint density at radius 3 is 3.00 bits per heavy atom. The molecule has 0 saturated heterocycles. The van der Waals surface area contributed by atoms with Crippen LogP contribution in [0.2, 0.25) is 0 Å². The first-order chi connectivity index (χ1) is 5.38. The van der Waals surface area contributed by atoms with E-state index in [-0.39, 0.29) is 0 Å². The lowest BCUT2D eigenvalue weighted by atomic mass is 10.2. The SMILES string of the molecule is Cc1ccsc1-c1cnco1. The maximum absolute atomic E-state index is 5.16. The normalized spacial score (nSPS) is 10.3. The maximum atomic E-state index is 5.16. The van der Waals surface area contributed by atoms with Crippen molar-refractivity contribution < 1.29 is 4.42 Å². The van der Waals surface area contributed by atoms with E-state index in [0.29, 0.717) is 0 Å². The number of rotatable bonds is 1. The number of aryl methyl sites for hydroxylation is 1. The highest BCUT2D eigenvalue weighted by atomic mass is 32.1. The molecule has 0 fully saturated rings. The summed E-state index contributed by atoms with van der Waals surface area (Å²) >= 11 is 1.67. The van der Waals surface area contributed by atoms with Gasteiger partial charge < -0.3 is 4.42 Å². The molecule has 0 radical (unpaired) electrons.